The lowest BCUT2D eigenvalue weighted by Gasteiger charge is -2.06. The summed E-state index contributed by atoms with van der Waals surface area (Å²) >= 11 is 1.29. The minimum Gasteiger partial charge on any atom is -0.356 e. The Morgan fingerprint density at radius 1 is 1.21 bits per heavy atom. The number of amides is 1. The first-order chi connectivity index (χ1) is 13.3. The van der Waals surface area contributed by atoms with Crippen molar-refractivity contribution < 1.29 is 22.5 Å². The van der Waals surface area contributed by atoms with Crippen LogP contribution in [0.25, 0.3) is 10.6 Å². The van der Waals surface area contributed by atoms with Crippen LogP contribution in [-0.4, -0.2) is 27.6 Å². The van der Waals surface area contributed by atoms with Crippen molar-refractivity contribution in [3.63, 3.8) is 0 Å². The summed E-state index contributed by atoms with van der Waals surface area (Å²) in [4.78, 5) is 20.4. The van der Waals surface area contributed by atoms with E-state index in [-0.39, 0.29) is 12.3 Å². The zero-order valence-corrected chi connectivity index (χ0v) is 15.7. The van der Waals surface area contributed by atoms with Crippen LogP contribution in [0, 0.1) is 6.92 Å². The number of halogens is 3. The van der Waals surface area contributed by atoms with Crippen LogP contribution < -0.4 is 5.32 Å². The molecule has 0 aliphatic carbocycles. The second-order valence-electron chi connectivity index (χ2n) is 6.08. The normalized spacial score (nSPS) is 11.6. The SMILES string of the molecule is Cc1noc(CCCNC(=O)Cc2csc(-c3ccc(C(F)(F)F)cc3)n2)n1. The average molecular weight is 410 g/mol. The highest BCUT2D eigenvalue weighted by molar-refractivity contribution is 7.13. The smallest absolute Gasteiger partial charge is 0.356 e. The fourth-order valence-electron chi connectivity index (χ4n) is 2.46. The van der Waals surface area contributed by atoms with E-state index in [1.54, 1.807) is 12.3 Å². The molecule has 0 aliphatic rings. The summed E-state index contributed by atoms with van der Waals surface area (Å²) in [5.74, 6) is 0.935. The predicted molar refractivity (Wildman–Crippen MR) is 96.6 cm³/mol. The molecule has 0 bridgehead atoms. The van der Waals surface area contributed by atoms with Gasteiger partial charge in [0.1, 0.15) is 5.01 Å². The van der Waals surface area contributed by atoms with E-state index in [2.05, 4.69) is 20.4 Å². The molecule has 2 aromatic heterocycles. The lowest BCUT2D eigenvalue weighted by molar-refractivity contribution is -0.137. The van der Waals surface area contributed by atoms with Crippen LogP contribution >= 0.6 is 11.3 Å². The Morgan fingerprint density at radius 2 is 1.96 bits per heavy atom. The summed E-state index contributed by atoms with van der Waals surface area (Å²) in [6, 6.07) is 4.80. The molecule has 2 heterocycles. The molecule has 28 heavy (non-hydrogen) atoms. The topological polar surface area (TPSA) is 80.9 Å². The van der Waals surface area contributed by atoms with E-state index < -0.39 is 11.7 Å². The molecular weight excluding hydrogens is 393 g/mol. The Bertz CT molecular complexity index is 935. The minimum absolute atomic E-state index is 0.108. The fraction of sp³-hybridized carbons (Fsp3) is 0.333. The van der Waals surface area contributed by atoms with Crippen molar-refractivity contribution in [3.8, 4) is 10.6 Å². The molecule has 0 radical (unpaired) electrons. The molecule has 148 valence electrons. The molecule has 0 spiro atoms. The summed E-state index contributed by atoms with van der Waals surface area (Å²) < 4.78 is 42.9. The van der Waals surface area contributed by atoms with Gasteiger partial charge in [0, 0.05) is 23.9 Å². The summed E-state index contributed by atoms with van der Waals surface area (Å²) in [6.45, 7) is 2.21. The van der Waals surface area contributed by atoms with E-state index >= 15 is 0 Å². The Balaban J connectivity index is 1.47. The third-order valence-corrected chi connectivity index (χ3v) is 4.75. The van der Waals surface area contributed by atoms with E-state index in [1.165, 1.54) is 23.5 Å². The number of nitrogens with zero attached hydrogens (tertiary/aromatic N) is 3. The van der Waals surface area contributed by atoms with E-state index in [0.29, 0.717) is 47.4 Å². The molecule has 1 N–H and O–H groups in total. The van der Waals surface area contributed by atoms with Gasteiger partial charge in [-0.1, -0.05) is 17.3 Å². The summed E-state index contributed by atoms with van der Waals surface area (Å²) in [5, 5.41) is 8.79. The third kappa shape index (κ3) is 5.38. The maximum atomic E-state index is 12.6. The van der Waals surface area contributed by atoms with Gasteiger partial charge in [0.05, 0.1) is 17.7 Å². The van der Waals surface area contributed by atoms with Crippen LogP contribution in [0.5, 0.6) is 0 Å². The molecule has 10 heteroatoms. The number of nitrogens with one attached hydrogen (secondary N) is 1. The maximum absolute atomic E-state index is 12.6. The first-order valence-corrected chi connectivity index (χ1v) is 9.37. The van der Waals surface area contributed by atoms with Gasteiger partial charge >= 0.3 is 6.18 Å². The Hall–Kier alpha value is -2.75. The number of hydrogen-bond donors (Lipinski definition) is 1. The fourth-order valence-corrected chi connectivity index (χ4v) is 3.28. The zero-order valence-electron chi connectivity index (χ0n) is 14.9. The van der Waals surface area contributed by atoms with Crippen LogP contribution in [0.2, 0.25) is 0 Å². The number of hydrogen-bond acceptors (Lipinski definition) is 6. The highest BCUT2D eigenvalue weighted by atomic mass is 32.1. The van der Waals surface area contributed by atoms with Crippen LogP contribution in [0.1, 0.15) is 29.4 Å². The first kappa shape index (κ1) is 20.0. The van der Waals surface area contributed by atoms with Gasteiger partial charge in [0.15, 0.2) is 5.82 Å². The van der Waals surface area contributed by atoms with Gasteiger partial charge in [-0.25, -0.2) is 4.98 Å². The van der Waals surface area contributed by atoms with E-state index in [9.17, 15) is 18.0 Å². The first-order valence-electron chi connectivity index (χ1n) is 8.49. The number of alkyl halides is 3. The number of carbonyl (C=O) groups is 1. The Kier molecular flexibility index (Phi) is 6.08. The quantitative estimate of drug-likeness (QED) is 0.599. The monoisotopic (exact) mass is 410 g/mol. The molecule has 1 aromatic carbocycles. The van der Waals surface area contributed by atoms with Crippen molar-refractivity contribution in [2.24, 2.45) is 0 Å². The number of thiazole rings is 1. The largest absolute Gasteiger partial charge is 0.416 e. The van der Waals surface area contributed by atoms with Gasteiger partial charge in [-0.2, -0.15) is 18.2 Å². The summed E-state index contributed by atoms with van der Waals surface area (Å²) in [6.07, 6.45) is -3.01. The summed E-state index contributed by atoms with van der Waals surface area (Å²) in [5.41, 5.74) is 0.451. The van der Waals surface area contributed by atoms with E-state index in [1.807, 2.05) is 0 Å². The zero-order chi connectivity index (χ0) is 20.1. The lowest BCUT2D eigenvalue weighted by atomic mass is 10.1. The minimum atomic E-state index is -4.37. The van der Waals surface area contributed by atoms with Crippen molar-refractivity contribution in [1.29, 1.82) is 0 Å². The Morgan fingerprint density at radius 3 is 2.61 bits per heavy atom. The van der Waals surface area contributed by atoms with Crippen molar-refractivity contribution >= 4 is 17.2 Å². The van der Waals surface area contributed by atoms with Gasteiger partial charge < -0.3 is 9.84 Å². The number of aromatic nitrogens is 3. The van der Waals surface area contributed by atoms with Gasteiger partial charge in [0.2, 0.25) is 11.8 Å². The molecule has 0 atom stereocenters. The van der Waals surface area contributed by atoms with Crippen molar-refractivity contribution in [3.05, 3.63) is 52.6 Å². The van der Waals surface area contributed by atoms with E-state index in [4.69, 9.17) is 4.52 Å². The number of carbonyl (C=O) groups excluding carboxylic acids is 1. The average Bonchev–Trinajstić information content (AvgIpc) is 3.27. The molecule has 0 saturated heterocycles. The van der Waals surface area contributed by atoms with Crippen molar-refractivity contribution in [1.82, 2.24) is 20.4 Å². The van der Waals surface area contributed by atoms with Gasteiger partial charge in [-0.05, 0) is 25.5 Å². The van der Waals surface area contributed by atoms with Crippen LogP contribution in [0.15, 0.2) is 34.2 Å². The second kappa shape index (κ2) is 8.51. The van der Waals surface area contributed by atoms with Gasteiger partial charge in [-0.15, -0.1) is 11.3 Å². The van der Waals surface area contributed by atoms with Gasteiger partial charge in [0.25, 0.3) is 0 Å². The number of aryl methyl sites for hydroxylation is 2. The molecule has 1 amide bonds. The molecule has 3 aromatic rings. The second-order valence-corrected chi connectivity index (χ2v) is 6.94. The Labute approximate surface area is 162 Å². The maximum Gasteiger partial charge on any atom is 0.416 e. The standard InChI is InChI=1S/C18H17F3N4O2S/c1-11-23-16(27-25-11)3-2-8-22-15(26)9-14-10-28-17(24-14)12-4-6-13(7-5-12)18(19,20)21/h4-7,10H,2-3,8-9H2,1H3,(H,22,26). The third-order valence-electron chi connectivity index (χ3n) is 3.81. The number of benzene rings is 1. The molecule has 0 fully saturated rings. The molecule has 3 rings (SSSR count). The predicted octanol–water partition coefficient (Wildman–Crippen LogP) is 3.81. The molecule has 0 aliphatic heterocycles. The van der Waals surface area contributed by atoms with Crippen LogP contribution in [-0.2, 0) is 23.8 Å². The lowest BCUT2D eigenvalue weighted by Crippen LogP contribution is -2.26. The molecule has 0 unspecified atom stereocenters. The molecule has 6 nitrogen and oxygen atoms in total. The van der Waals surface area contributed by atoms with Gasteiger partial charge in [-0.3, -0.25) is 4.79 Å². The molecule has 0 saturated carbocycles. The molecular formula is C18H17F3N4O2S. The van der Waals surface area contributed by atoms with Crippen LogP contribution in [0.3, 0.4) is 0 Å². The van der Waals surface area contributed by atoms with Crippen LogP contribution in [0.4, 0.5) is 13.2 Å². The number of rotatable bonds is 7. The highest BCUT2D eigenvalue weighted by Crippen LogP contribution is 2.31. The summed E-state index contributed by atoms with van der Waals surface area (Å²) in [7, 11) is 0. The van der Waals surface area contributed by atoms with Crippen molar-refractivity contribution in [2.75, 3.05) is 6.54 Å². The van der Waals surface area contributed by atoms with E-state index in [0.717, 1.165) is 12.1 Å². The highest BCUT2D eigenvalue weighted by Gasteiger charge is 2.30. The van der Waals surface area contributed by atoms with Crippen molar-refractivity contribution in [2.45, 2.75) is 32.4 Å².